The molecule has 0 bridgehead atoms. The van der Waals surface area contributed by atoms with Crippen LogP contribution >= 0.6 is 0 Å². The maximum atomic E-state index is 13.5. The third-order valence-electron chi connectivity index (χ3n) is 6.84. The Kier molecular flexibility index (Phi) is 8.13. The van der Waals surface area contributed by atoms with E-state index < -0.39 is 0 Å². The molecule has 0 aliphatic carbocycles. The second-order valence-corrected chi connectivity index (χ2v) is 9.24. The van der Waals surface area contributed by atoms with Crippen LogP contribution in [0.2, 0.25) is 0 Å². The number of rotatable bonds is 7. The summed E-state index contributed by atoms with van der Waals surface area (Å²) in [4.78, 5) is 32.7. The van der Waals surface area contributed by atoms with Gasteiger partial charge in [0.25, 0.3) is 5.91 Å². The van der Waals surface area contributed by atoms with Gasteiger partial charge in [-0.3, -0.25) is 14.5 Å². The van der Waals surface area contributed by atoms with Crippen molar-refractivity contribution in [2.24, 2.45) is 0 Å². The molecule has 0 aromatic heterocycles. The van der Waals surface area contributed by atoms with Crippen LogP contribution in [0.25, 0.3) is 0 Å². The number of amides is 2. The standard InChI is InChI=1S/C27H36N4O2/c1-22-7-9-24(10-8-22)27(33)31(18-13-26(32)30-19-14-28-15-20-30)25-11-16-29(17-12-25)21-23-5-3-2-4-6-23/h2-10,25,28H,11-21H2,1H3. The van der Waals surface area contributed by atoms with E-state index in [1.807, 2.05) is 47.1 Å². The number of nitrogens with one attached hydrogen (secondary N) is 1. The Morgan fingerprint density at radius 2 is 1.61 bits per heavy atom. The summed E-state index contributed by atoms with van der Waals surface area (Å²) >= 11 is 0. The third kappa shape index (κ3) is 6.42. The number of carbonyl (C=O) groups excluding carboxylic acids is 2. The molecule has 2 amide bonds. The smallest absolute Gasteiger partial charge is 0.254 e. The zero-order valence-electron chi connectivity index (χ0n) is 19.7. The molecule has 2 fully saturated rings. The maximum absolute atomic E-state index is 13.5. The van der Waals surface area contributed by atoms with E-state index in [1.165, 1.54) is 5.56 Å². The van der Waals surface area contributed by atoms with Crippen molar-refractivity contribution in [2.75, 3.05) is 45.8 Å². The Balaban J connectivity index is 1.40. The summed E-state index contributed by atoms with van der Waals surface area (Å²) in [5, 5.41) is 3.29. The molecule has 0 unspecified atom stereocenters. The summed E-state index contributed by atoms with van der Waals surface area (Å²) in [6.07, 6.45) is 2.26. The molecule has 2 aliphatic heterocycles. The Morgan fingerprint density at radius 1 is 0.939 bits per heavy atom. The van der Waals surface area contributed by atoms with E-state index in [2.05, 4.69) is 34.5 Å². The van der Waals surface area contributed by atoms with Crippen LogP contribution in [0.15, 0.2) is 54.6 Å². The first-order chi connectivity index (χ1) is 16.1. The number of piperidine rings is 1. The highest BCUT2D eigenvalue weighted by Gasteiger charge is 2.29. The number of carbonyl (C=O) groups is 2. The van der Waals surface area contributed by atoms with E-state index in [0.717, 1.165) is 64.2 Å². The Morgan fingerprint density at radius 3 is 2.27 bits per heavy atom. The number of hydrogen-bond donors (Lipinski definition) is 1. The van der Waals surface area contributed by atoms with Crippen molar-refractivity contribution >= 4 is 11.8 Å². The second kappa shape index (κ2) is 11.4. The van der Waals surface area contributed by atoms with Gasteiger partial charge in [-0.1, -0.05) is 48.0 Å². The Labute approximate surface area is 197 Å². The SMILES string of the molecule is Cc1ccc(C(=O)N(CCC(=O)N2CCNCC2)C2CCN(Cc3ccccc3)CC2)cc1. The Bertz CT molecular complexity index is 901. The fourth-order valence-electron chi connectivity index (χ4n) is 4.83. The van der Waals surface area contributed by atoms with Gasteiger partial charge >= 0.3 is 0 Å². The number of aryl methyl sites for hydroxylation is 1. The minimum Gasteiger partial charge on any atom is -0.340 e. The van der Waals surface area contributed by atoms with Crippen molar-refractivity contribution in [3.05, 3.63) is 71.3 Å². The predicted octanol–water partition coefficient (Wildman–Crippen LogP) is 2.92. The normalized spacial score (nSPS) is 17.7. The van der Waals surface area contributed by atoms with Crippen LogP contribution in [0.5, 0.6) is 0 Å². The van der Waals surface area contributed by atoms with Crippen molar-refractivity contribution in [3.63, 3.8) is 0 Å². The van der Waals surface area contributed by atoms with Gasteiger partial charge in [-0.05, 0) is 37.5 Å². The van der Waals surface area contributed by atoms with Crippen LogP contribution in [0.1, 0.15) is 40.7 Å². The second-order valence-electron chi connectivity index (χ2n) is 9.24. The first-order valence-electron chi connectivity index (χ1n) is 12.2. The molecule has 176 valence electrons. The van der Waals surface area contributed by atoms with Gasteiger partial charge in [-0.15, -0.1) is 0 Å². The largest absolute Gasteiger partial charge is 0.340 e. The number of benzene rings is 2. The van der Waals surface area contributed by atoms with Crippen LogP contribution in [0.3, 0.4) is 0 Å². The highest BCUT2D eigenvalue weighted by molar-refractivity contribution is 5.94. The van der Waals surface area contributed by atoms with Gasteiger partial charge < -0.3 is 15.1 Å². The summed E-state index contributed by atoms with van der Waals surface area (Å²) < 4.78 is 0. The highest BCUT2D eigenvalue weighted by atomic mass is 16.2. The number of hydrogen-bond acceptors (Lipinski definition) is 4. The first kappa shape index (κ1) is 23.5. The van der Waals surface area contributed by atoms with E-state index in [-0.39, 0.29) is 17.9 Å². The quantitative estimate of drug-likeness (QED) is 0.708. The van der Waals surface area contributed by atoms with E-state index in [4.69, 9.17) is 0 Å². The summed E-state index contributed by atoms with van der Waals surface area (Å²) in [5.74, 6) is 0.198. The summed E-state index contributed by atoms with van der Waals surface area (Å²) in [7, 11) is 0. The minimum atomic E-state index is 0.0459. The van der Waals surface area contributed by atoms with Crippen LogP contribution in [0.4, 0.5) is 0 Å². The average Bonchev–Trinajstić information content (AvgIpc) is 2.86. The summed E-state index contributed by atoms with van der Waals surface area (Å²) in [6.45, 7) is 8.58. The lowest BCUT2D eigenvalue weighted by Gasteiger charge is -2.39. The fraction of sp³-hybridized carbons (Fsp3) is 0.481. The molecular weight excluding hydrogens is 412 g/mol. The van der Waals surface area contributed by atoms with Crippen LogP contribution in [0, 0.1) is 6.92 Å². The monoisotopic (exact) mass is 448 g/mol. The molecule has 6 heteroatoms. The molecule has 0 saturated carbocycles. The fourth-order valence-corrected chi connectivity index (χ4v) is 4.83. The van der Waals surface area contributed by atoms with Gasteiger partial charge in [0, 0.05) is 70.4 Å². The molecule has 33 heavy (non-hydrogen) atoms. The molecule has 2 saturated heterocycles. The summed E-state index contributed by atoms with van der Waals surface area (Å²) in [6, 6.07) is 18.5. The first-order valence-corrected chi connectivity index (χ1v) is 12.2. The topological polar surface area (TPSA) is 55.9 Å². The predicted molar refractivity (Wildman–Crippen MR) is 131 cm³/mol. The van der Waals surface area contributed by atoms with E-state index in [1.54, 1.807) is 0 Å². The van der Waals surface area contributed by atoms with Crippen molar-refractivity contribution < 1.29 is 9.59 Å². The molecule has 2 aromatic carbocycles. The zero-order valence-corrected chi connectivity index (χ0v) is 19.7. The number of nitrogens with zero attached hydrogens (tertiary/aromatic N) is 3. The summed E-state index contributed by atoms with van der Waals surface area (Å²) in [5.41, 5.74) is 3.17. The van der Waals surface area contributed by atoms with Gasteiger partial charge in [0.1, 0.15) is 0 Å². The number of piperazine rings is 1. The molecule has 6 nitrogen and oxygen atoms in total. The van der Waals surface area contributed by atoms with Gasteiger partial charge in [-0.25, -0.2) is 0 Å². The van der Waals surface area contributed by atoms with E-state index in [9.17, 15) is 9.59 Å². The van der Waals surface area contributed by atoms with Crippen molar-refractivity contribution in [3.8, 4) is 0 Å². The zero-order chi connectivity index (χ0) is 23.0. The van der Waals surface area contributed by atoms with Crippen LogP contribution < -0.4 is 5.32 Å². The molecule has 0 spiro atoms. The minimum absolute atomic E-state index is 0.0459. The lowest BCUT2D eigenvalue weighted by molar-refractivity contribution is -0.132. The van der Waals surface area contributed by atoms with Crippen LogP contribution in [-0.2, 0) is 11.3 Å². The molecule has 2 heterocycles. The lowest BCUT2D eigenvalue weighted by atomic mass is 10.0. The Hall–Kier alpha value is -2.70. The van der Waals surface area contributed by atoms with Gasteiger partial charge in [0.15, 0.2) is 0 Å². The van der Waals surface area contributed by atoms with Crippen molar-refractivity contribution in [1.82, 2.24) is 20.0 Å². The van der Waals surface area contributed by atoms with Gasteiger partial charge in [0.05, 0.1) is 0 Å². The lowest BCUT2D eigenvalue weighted by Crippen LogP contribution is -2.50. The molecular formula is C27H36N4O2. The van der Waals surface area contributed by atoms with E-state index >= 15 is 0 Å². The highest BCUT2D eigenvalue weighted by Crippen LogP contribution is 2.21. The molecule has 0 atom stereocenters. The third-order valence-corrected chi connectivity index (χ3v) is 6.84. The van der Waals surface area contributed by atoms with Crippen molar-refractivity contribution in [1.29, 1.82) is 0 Å². The molecule has 4 rings (SSSR count). The molecule has 1 N–H and O–H groups in total. The van der Waals surface area contributed by atoms with Crippen LogP contribution in [-0.4, -0.2) is 78.4 Å². The van der Waals surface area contributed by atoms with Crippen molar-refractivity contribution in [2.45, 2.75) is 38.8 Å². The van der Waals surface area contributed by atoms with Gasteiger partial charge in [-0.2, -0.15) is 0 Å². The molecule has 2 aromatic rings. The number of likely N-dealkylation sites (tertiary alicyclic amines) is 1. The molecule has 2 aliphatic rings. The van der Waals surface area contributed by atoms with E-state index in [0.29, 0.717) is 18.5 Å². The molecule has 0 radical (unpaired) electrons. The maximum Gasteiger partial charge on any atom is 0.254 e. The van der Waals surface area contributed by atoms with Gasteiger partial charge in [0.2, 0.25) is 5.91 Å². The average molecular weight is 449 g/mol.